The third-order valence-electron chi connectivity index (χ3n) is 6.38. The molecule has 0 saturated carbocycles. The minimum absolute atomic E-state index is 0.128. The molecule has 2 amide bonds. The number of hydrogen-bond donors (Lipinski definition) is 1. The minimum Gasteiger partial charge on any atom is -0.353 e. The van der Waals surface area contributed by atoms with E-state index in [1.165, 1.54) is 23.9 Å². The summed E-state index contributed by atoms with van der Waals surface area (Å²) in [6, 6.07) is 14.4. The van der Waals surface area contributed by atoms with Crippen LogP contribution in [0.25, 0.3) is 5.69 Å². The number of nitrogens with zero attached hydrogens (tertiary/aromatic N) is 4. The van der Waals surface area contributed by atoms with Gasteiger partial charge in [0.1, 0.15) is 18.2 Å². The Morgan fingerprint density at radius 1 is 1.18 bits per heavy atom. The minimum atomic E-state index is -0.377. The second kappa shape index (κ2) is 11.3. The molecule has 1 aromatic heterocycles. The van der Waals surface area contributed by atoms with Crippen molar-refractivity contribution in [1.29, 1.82) is 0 Å². The van der Waals surface area contributed by atoms with E-state index in [1.807, 2.05) is 56.3 Å². The Balaban J connectivity index is 1.93. The van der Waals surface area contributed by atoms with E-state index in [0.29, 0.717) is 18.9 Å². The summed E-state index contributed by atoms with van der Waals surface area (Å²) in [7, 11) is 3.88. The number of nitrogens with one attached hydrogen (secondary N) is 1. The Hall–Kier alpha value is -3.17. The standard InChI is InChI=1S/C29H36FN5O2S/c1-19-9-7-12-22(15-19)35-28-25(27(32-35)29(2,3)4)26(20-10-8-11-21(30)16-20)38-18-24(37)34(28)17-23(36)31-13-14-33(5)6/h7-12,15-16,26H,13-14,17-18H2,1-6H3,(H,31,36)/t26-/m1/s1. The van der Waals surface area contributed by atoms with Crippen LogP contribution in [-0.4, -0.2) is 66.0 Å². The first-order valence-electron chi connectivity index (χ1n) is 12.7. The van der Waals surface area contributed by atoms with Gasteiger partial charge in [0, 0.05) is 24.1 Å². The van der Waals surface area contributed by atoms with Crippen LogP contribution in [0.1, 0.15) is 48.4 Å². The molecule has 0 fully saturated rings. The summed E-state index contributed by atoms with van der Waals surface area (Å²) < 4.78 is 16.2. The van der Waals surface area contributed by atoms with Crippen molar-refractivity contribution in [2.24, 2.45) is 0 Å². The summed E-state index contributed by atoms with van der Waals surface area (Å²) in [6.07, 6.45) is 0. The number of anilines is 1. The highest BCUT2D eigenvalue weighted by Crippen LogP contribution is 2.48. The third kappa shape index (κ3) is 6.10. The van der Waals surface area contributed by atoms with E-state index in [-0.39, 0.29) is 40.6 Å². The van der Waals surface area contributed by atoms with E-state index in [1.54, 1.807) is 15.6 Å². The Kier molecular flexibility index (Phi) is 8.28. The van der Waals surface area contributed by atoms with Gasteiger partial charge in [-0.05, 0) is 56.4 Å². The van der Waals surface area contributed by atoms with E-state index in [0.717, 1.165) is 28.1 Å². The van der Waals surface area contributed by atoms with E-state index in [9.17, 15) is 14.0 Å². The number of rotatable bonds is 7. The molecule has 1 aliphatic rings. The van der Waals surface area contributed by atoms with E-state index < -0.39 is 0 Å². The molecule has 4 rings (SSSR count). The molecule has 9 heteroatoms. The third-order valence-corrected chi connectivity index (χ3v) is 7.63. The lowest BCUT2D eigenvalue weighted by atomic mass is 9.87. The zero-order valence-corrected chi connectivity index (χ0v) is 23.7. The number of aryl methyl sites for hydroxylation is 1. The molecule has 3 aromatic rings. The highest BCUT2D eigenvalue weighted by molar-refractivity contribution is 8.00. The van der Waals surface area contributed by atoms with Crippen molar-refractivity contribution in [2.45, 2.75) is 38.4 Å². The number of aromatic nitrogens is 2. The number of carbonyl (C=O) groups is 2. The normalized spacial score (nSPS) is 15.9. The second-order valence-corrected chi connectivity index (χ2v) is 12.1. The van der Waals surface area contributed by atoms with E-state index >= 15 is 0 Å². The molecule has 7 nitrogen and oxygen atoms in total. The van der Waals surface area contributed by atoms with Gasteiger partial charge in [-0.1, -0.05) is 45.0 Å². The monoisotopic (exact) mass is 537 g/mol. The summed E-state index contributed by atoms with van der Waals surface area (Å²) in [6.45, 7) is 9.28. The maximum atomic E-state index is 14.4. The summed E-state index contributed by atoms with van der Waals surface area (Å²) in [5.41, 5.74) is 3.87. The van der Waals surface area contributed by atoms with Crippen LogP contribution in [0.4, 0.5) is 10.2 Å². The second-order valence-electron chi connectivity index (χ2n) is 11.0. The molecule has 2 aromatic carbocycles. The summed E-state index contributed by atoms with van der Waals surface area (Å²) in [5, 5.41) is 7.66. The number of thioether (sulfide) groups is 1. The number of hydrogen-bond acceptors (Lipinski definition) is 5. The molecule has 1 N–H and O–H groups in total. The van der Waals surface area contributed by atoms with Crippen LogP contribution in [0.15, 0.2) is 48.5 Å². The van der Waals surface area contributed by atoms with Gasteiger partial charge in [0.25, 0.3) is 0 Å². The fourth-order valence-corrected chi connectivity index (χ4v) is 5.75. The lowest BCUT2D eigenvalue weighted by molar-refractivity contribution is -0.122. The molecule has 0 saturated heterocycles. The van der Waals surface area contributed by atoms with Gasteiger partial charge in [0.05, 0.1) is 22.4 Å². The zero-order valence-electron chi connectivity index (χ0n) is 22.9. The highest BCUT2D eigenvalue weighted by atomic mass is 32.2. The van der Waals surface area contributed by atoms with Crippen LogP contribution in [0.2, 0.25) is 0 Å². The van der Waals surface area contributed by atoms with Crippen LogP contribution in [0, 0.1) is 12.7 Å². The number of benzene rings is 2. The van der Waals surface area contributed by atoms with Crippen LogP contribution in [0.5, 0.6) is 0 Å². The van der Waals surface area contributed by atoms with Gasteiger partial charge in [0.15, 0.2) is 0 Å². The Morgan fingerprint density at radius 2 is 1.92 bits per heavy atom. The molecule has 0 bridgehead atoms. The first kappa shape index (κ1) is 27.9. The first-order chi connectivity index (χ1) is 18.0. The molecule has 1 atom stereocenters. The van der Waals surface area contributed by atoms with Crippen molar-refractivity contribution in [3.05, 3.63) is 76.7 Å². The van der Waals surface area contributed by atoms with Crippen LogP contribution < -0.4 is 10.2 Å². The van der Waals surface area contributed by atoms with Gasteiger partial charge < -0.3 is 10.2 Å². The molecule has 0 aliphatic carbocycles. The molecular weight excluding hydrogens is 501 g/mol. The Labute approximate surface area is 228 Å². The van der Waals surface area contributed by atoms with Crippen molar-refractivity contribution in [2.75, 3.05) is 44.4 Å². The summed E-state index contributed by atoms with van der Waals surface area (Å²) in [4.78, 5) is 30.2. The van der Waals surface area contributed by atoms with E-state index in [2.05, 4.69) is 26.1 Å². The van der Waals surface area contributed by atoms with Crippen LogP contribution >= 0.6 is 11.8 Å². The van der Waals surface area contributed by atoms with Crippen molar-refractivity contribution >= 4 is 29.4 Å². The predicted molar refractivity (Wildman–Crippen MR) is 152 cm³/mol. The molecule has 0 unspecified atom stereocenters. The molecule has 0 radical (unpaired) electrons. The number of fused-ring (bicyclic) bond motifs is 1. The topological polar surface area (TPSA) is 70.5 Å². The SMILES string of the molecule is Cc1cccc(-n2nc(C(C)(C)C)c3c2N(CC(=O)NCCN(C)C)C(=O)CS[C@@H]3c2cccc(F)c2)c1. The quantitative estimate of drug-likeness (QED) is 0.482. The molecule has 202 valence electrons. The maximum absolute atomic E-state index is 14.4. The largest absolute Gasteiger partial charge is 0.353 e. The first-order valence-corrected chi connectivity index (χ1v) is 13.8. The molecule has 2 heterocycles. The predicted octanol–water partition coefficient (Wildman–Crippen LogP) is 4.46. The Morgan fingerprint density at radius 3 is 2.58 bits per heavy atom. The van der Waals surface area contributed by atoms with Gasteiger partial charge in [-0.15, -0.1) is 11.8 Å². The molecule has 38 heavy (non-hydrogen) atoms. The van der Waals surface area contributed by atoms with Gasteiger partial charge >= 0.3 is 0 Å². The zero-order chi connectivity index (χ0) is 27.6. The number of likely N-dealkylation sites (N-methyl/N-ethyl adjacent to an activating group) is 1. The van der Waals surface area contributed by atoms with E-state index in [4.69, 9.17) is 5.10 Å². The molecule has 1 aliphatic heterocycles. The van der Waals surface area contributed by atoms with Crippen LogP contribution in [-0.2, 0) is 15.0 Å². The maximum Gasteiger partial charge on any atom is 0.240 e. The van der Waals surface area contributed by atoms with Crippen molar-refractivity contribution in [3.8, 4) is 5.69 Å². The van der Waals surface area contributed by atoms with Gasteiger partial charge in [0.2, 0.25) is 11.8 Å². The fourth-order valence-electron chi connectivity index (χ4n) is 4.56. The fraction of sp³-hybridized carbons (Fsp3) is 0.414. The van der Waals surface area contributed by atoms with Gasteiger partial charge in [-0.2, -0.15) is 5.10 Å². The van der Waals surface area contributed by atoms with Gasteiger partial charge in [-0.25, -0.2) is 9.07 Å². The molecule has 0 spiro atoms. The number of carbonyl (C=O) groups excluding carboxylic acids is 2. The van der Waals surface area contributed by atoms with Crippen molar-refractivity contribution < 1.29 is 14.0 Å². The van der Waals surface area contributed by atoms with Crippen LogP contribution in [0.3, 0.4) is 0 Å². The summed E-state index contributed by atoms with van der Waals surface area (Å²) in [5.74, 6) is -0.0479. The smallest absolute Gasteiger partial charge is 0.240 e. The Bertz CT molecular complexity index is 1330. The number of amides is 2. The van der Waals surface area contributed by atoms with Crippen molar-refractivity contribution in [1.82, 2.24) is 20.0 Å². The molecular formula is C29H36FN5O2S. The lowest BCUT2D eigenvalue weighted by Gasteiger charge is -2.24. The average Bonchev–Trinajstić information content (AvgIpc) is 3.17. The highest BCUT2D eigenvalue weighted by Gasteiger charge is 2.40. The summed E-state index contributed by atoms with van der Waals surface area (Å²) >= 11 is 1.44. The average molecular weight is 538 g/mol. The number of halogens is 1. The lowest BCUT2D eigenvalue weighted by Crippen LogP contribution is -2.43. The van der Waals surface area contributed by atoms with Gasteiger partial charge in [-0.3, -0.25) is 14.5 Å². The van der Waals surface area contributed by atoms with Crippen molar-refractivity contribution in [3.63, 3.8) is 0 Å².